The van der Waals surface area contributed by atoms with Crippen LogP contribution in [0.1, 0.15) is 18.5 Å². The summed E-state index contributed by atoms with van der Waals surface area (Å²) in [6, 6.07) is 14.1. The molecule has 2 aromatic rings. The monoisotopic (exact) mass is 368 g/mol. The average Bonchev–Trinajstić information content (AvgIpc) is 2.49. The molecule has 0 bridgehead atoms. The number of nitrogens with one attached hydrogen (secondary N) is 2. The van der Waals surface area contributed by atoms with Crippen LogP contribution in [0.3, 0.4) is 0 Å². The Morgan fingerprint density at radius 2 is 1.81 bits per heavy atom. The van der Waals surface area contributed by atoms with Crippen LogP contribution in [0.15, 0.2) is 57.9 Å². The van der Waals surface area contributed by atoms with Gasteiger partial charge >= 0.3 is 0 Å². The third-order valence-electron chi connectivity index (χ3n) is 3.22. The van der Waals surface area contributed by atoms with E-state index in [9.17, 15) is 8.42 Å². The van der Waals surface area contributed by atoms with Gasteiger partial charge in [-0.3, -0.25) is 4.72 Å². The lowest BCUT2D eigenvalue weighted by molar-refractivity contribution is 0.600. The van der Waals surface area contributed by atoms with Crippen molar-refractivity contribution in [3.05, 3.63) is 58.6 Å². The van der Waals surface area contributed by atoms with E-state index in [0.29, 0.717) is 10.2 Å². The van der Waals surface area contributed by atoms with Crippen LogP contribution in [0.5, 0.6) is 0 Å². The third kappa shape index (κ3) is 3.84. The minimum absolute atomic E-state index is 0.0867. The van der Waals surface area contributed by atoms with Crippen molar-refractivity contribution in [2.45, 2.75) is 17.9 Å². The highest BCUT2D eigenvalue weighted by molar-refractivity contribution is 9.10. The van der Waals surface area contributed by atoms with E-state index in [4.69, 9.17) is 0 Å². The number of hydrogen-bond donors (Lipinski definition) is 2. The quantitative estimate of drug-likeness (QED) is 0.848. The van der Waals surface area contributed by atoms with Gasteiger partial charge in [-0.2, -0.15) is 0 Å². The number of benzene rings is 2. The molecule has 2 rings (SSSR count). The van der Waals surface area contributed by atoms with Gasteiger partial charge in [-0.25, -0.2) is 8.42 Å². The highest BCUT2D eigenvalue weighted by Gasteiger charge is 2.16. The van der Waals surface area contributed by atoms with Gasteiger partial charge in [0.2, 0.25) is 0 Å². The van der Waals surface area contributed by atoms with E-state index in [-0.39, 0.29) is 10.9 Å². The molecule has 2 aromatic carbocycles. The summed E-state index contributed by atoms with van der Waals surface area (Å²) in [6.45, 7) is 1.98. The van der Waals surface area contributed by atoms with Gasteiger partial charge in [0, 0.05) is 10.5 Å². The molecule has 0 aliphatic heterocycles. The van der Waals surface area contributed by atoms with E-state index in [1.54, 1.807) is 36.4 Å². The molecule has 1 unspecified atom stereocenters. The maximum Gasteiger partial charge on any atom is 0.261 e. The van der Waals surface area contributed by atoms with Gasteiger partial charge in [0.15, 0.2) is 0 Å². The third-order valence-corrected chi connectivity index (χ3v) is 5.27. The van der Waals surface area contributed by atoms with Crippen LogP contribution in [0.2, 0.25) is 0 Å². The van der Waals surface area contributed by atoms with Crippen molar-refractivity contribution in [2.24, 2.45) is 0 Å². The van der Waals surface area contributed by atoms with Crippen molar-refractivity contribution >= 4 is 31.6 Å². The van der Waals surface area contributed by atoms with E-state index in [1.807, 2.05) is 26.1 Å². The average molecular weight is 369 g/mol. The second-order valence-electron chi connectivity index (χ2n) is 4.67. The predicted molar refractivity (Wildman–Crippen MR) is 88.9 cm³/mol. The summed E-state index contributed by atoms with van der Waals surface area (Å²) in [5.41, 5.74) is 1.44. The first kappa shape index (κ1) is 16.0. The maximum absolute atomic E-state index is 12.5. The number of sulfonamides is 1. The van der Waals surface area contributed by atoms with Crippen LogP contribution in [0, 0.1) is 0 Å². The Balaban J connectivity index is 2.34. The summed E-state index contributed by atoms with van der Waals surface area (Å²) in [7, 11) is -1.77. The van der Waals surface area contributed by atoms with Gasteiger partial charge < -0.3 is 5.32 Å². The summed E-state index contributed by atoms with van der Waals surface area (Å²) < 4.78 is 28.2. The standard InChI is InChI=1S/C15H17BrN2O2S/c1-11(17-2)12-6-5-7-13(10-12)21(19,20)18-15-9-4-3-8-14(15)16/h3-11,17-18H,1-2H3. The Bertz CT molecular complexity index is 732. The molecule has 2 N–H and O–H groups in total. The molecular weight excluding hydrogens is 352 g/mol. The number of rotatable bonds is 5. The first-order chi connectivity index (χ1) is 9.94. The van der Waals surface area contributed by atoms with Crippen molar-refractivity contribution in [3.63, 3.8) is 0 Å². The minimum atomic E-state index is -3.61. The molecule has 0 heterocycles. The fourth-order valence-electron chi connectivity index (χ4n) is 1.87. The molecule has 0 fully saturated rings. The van der Waals surface area contributed by atoms with Gasteiger partial charge in [-0.05, 0) is 59.7 Å². The summed E-state index contributed by atoms with van der Waals surface area (Å²) in [5, 5.41) is 3.10. The zero-order valence-corrected chi connectivity index (χ0v) is 14.2. The van der Waals surface area contributed by atoms with E-state index in [2.05, 4.69) is 26.0 Å². The fraction of sp³-hybridized carbons (Fsp3) is 0.200. The molecule has 1 atom stereocenters. The second-order valence-corrected chi connectivity index (χ2v) is 7.20. The van der Waals surface area contributed by atoms with Gasteiger partial charge in [0.05, 0.1) is 10.6 Å². The van der Waals surface area contributed by atoms with Crippen molar-refractivity contribution in [2.75, 3.05) is 11.8 Å². The summed E-state index contributed by atoms with van der Waals surface area (Å²) in [4.78, 5) is 0.248. The highest BCUT2D eigenvalue weighted by atomic mass is 79.9. The molecular formula is C15H17BrN2O2S. The SMILES string of the molecule is CNC(C)c1cccc(S(=O)(=O)Nc2ccccc2Br)c1. The van der Waals surface area contributed by atoms with Crippen molar-refractivity contribution in [3.8, 4) is 0 Å². The first-order valence-electron chi connectivity index (χ1n) is 6.48. The van der Waals surface area contributed by atoms with E-state index in [1.165, 1.54) is 0 Å². The van der Waals surface area contributed by atoms with Crippen LogP contribution in [-0.2, 0) is 10.0 Å². The molecule has 0 aliphatic rings. The normalized spacial score (nSPS) is 12.9. The van der Waals surface area contributed by atoms with Gasteiger partial charge in [0.1, 0.15) is 0 Å². The summed E-state index contributed by atoms with van der Waals surface area (Å²) >= 11 is 3.33. The molecule has 0 aromatic heterocycles. The highest BCUT2D eigenvalue weighted by Crippen LogP contribution is 2.25. The van der Waals surface area contributed by atoms with Gasteiger partial charge in [-0.1, -0.05) is 24.3 Å². The van der Waals surface area contributed by atoms with Crippen LogP contribution >= 0.6 is 15.9 Å². The number of hydrogen-bond acceptors (Lipinski definition) is 3. The van der Waals surface area contributed by atoms with Crippen molar-refractivity contribution in [1.82, 2.24) is 5.32 Å². The molecule has 0 saturated heterocycles. The molecule has 112 valence electrons. The fourth-order valence-corrected chi connectivity index (χ4v) is 3.51. The number of anilines is 1. The Labute approximate surface area is 133 Å². The van der Waals surface area contributed by atoms with Crippen molar-refractivity contribution in [1.29, 1.82) is 0 Å². The molecule has 6 heteroatoms. The van der Waals surface area contributed by atoms with E-state index >= 15 is 0 Å². The number of para-hydroxylation sites is 1. The van der Waals surface area contributed by atoms with Gasteiger partial charge in [-0.15, -0.1) is 0 Å². The lowest BCUT2D eigenvalue weighted by Crippen LogP contribution is -2.16. The van der Waals surface area contributed by atoms with Crippen LogP contribution in [0.25, 0.3) is 0 Å². The Hall–Kier alpha value is -1.37. The van der Waals surface area contributed by atoms with Gasteiger partial charge in [0.25, 0.3) is 10.0 Å². The molecule has 0 amide bonds. The minimum Gasteiger partial charge on any atom is -0.313 e. The zero-order chi connectivity index (χ0) is 15.5. The predicted octanol–water partition coefficient (Wildman–Crippen LogP) is 3.53. The Morgan fingerprint density at radius 1 is 1.10 bits per heavy atom. The van der Waals surface area contributed by atoms with Crippen LogP contribution in [-0.4, -0.2) is 15.5 Å². The smallest absolute Gasteiger partial charge is 0.261 e. The number of halogens is 1. The first-order valence-corrected chi connectivity index (χ1v) is 8.76. The van der Waals surface area contributed by atoms with Crippen LogP contribution in [0.4, 0.5) is 5.69 Å². The zero-order valence-electron chi connectivity index (χ0n) is 11.8. The molecule has 0 aliphatic carbocycles. The largest absolute Gasteiger partial charge is 0.313 e. The van der Waals surface area contributed by atoms with E-state index in [0.717, 1.165) is 5.56 Å². The lowest BCUT2D eigenvalue weighted by atomic mass is 10.1. The topological polar surface area (TPSA) is 58.2 Å². The summed E-state index contributed by atoms with van der Waals surface area (Å²) in [5.74, 6) is 0. The van der Waals surface area contributed by atoms with Crippen LogP contribution < -0.4 is 10.0 Å². The van der Waals surface area contributed by atoms with Crippen molar-refractivity contribution < 1.29 is 8.42 Å². The molecule has 4 nitrogen and oxygen atoms in total. The van der Waals surface area contributed by atoms with E-state index < -0.39 is 10.0 Å². The summed E-state index contributed by atoms with van der Waals surface area (Å²) in [6.07, 6.45) is 0. The molecule has 0 saturated carbocycles. The molecule has 21 heavy (non-hydrogen) atoms. The maximum atomic E-state index is 12.5. The Kier molecular flexibility index (Phi) is 5.03. The second kappa shape index (κ2) is 6.60. The Morgan fingerprint density at radius 3 is 2.48 bits per heavy atom. The molecule has 0 radical (unpaired) electrons. The lowest BCUT2D eigenvalue weighted by Gasteiger charge is -2.13. The molecule has 0 spiro atoms.